The number of hydrogen-bond acceptors (Lipinski definition) is 2. The molecule has 39 heavy (non-hydrogen) atoms. The lowest BCUT2D eigenvalue weighted by Gasteiger charge is -2.71. The molecule has 4 saturated carbocycles. The first kappa shape index (κ1) is 27.6. The van der Waals surface area contributed by atoms with E-state index in [1.807, 2.05) is 35.9 Å². The lowest BCUT2D eigenvalue weighted by Crippen LogP contribution is -2.65. The fourth-order valence-corrected chi connectivity index (χ4v) is 11.8. The number of allylic oxidation sites excluding steroid dienone is 2. The molecule has 1 aromatic carbocycles. The van der Waals surface area contributed by atoms with Gasteiger partial charge in [-0.1, -0.05) is 85.2 Å². The molecule has 5 aliphatic rings. The topological polar surface area (TPSA) is 26.3 Å². The Morgan fingerprint density at radius 2 is 1.54 bits per heavy atom. The molecule has 0 spiro atoms. The largest absolute Gasteiger partial charge is 0.458 e. The average Bonchev–Trinajstić information content (AvgIpc) is 2.89. The Bertz CT molecular complexity index is 1150. The molecule has 5 aliphatic carbocycles. The minimum absolute atomic E-state index is 0.0159. The average molecular weight is 531 g/mol. The summed E-state index contributed by atoms with van der Waals surface area (Å²) in [5.74, 6) is 3.49. The van der Waals surface area contributed by atoms with Gasteiger partial charge in [-0.2, -0.15) is 0 Å². The number of esters is 1. The van der Waals surface area contributed by atoms with Crippen LogP contribution in [-0.2, 0) is 4.74 Å². The maximum absolute atomic E-state index is 13.1. The van der Waals surface area contributed by atoms with Gasteiger partial charge in [0.05, 0.1) is 5.56 Å². The van der Waals surface area contributed by atoms with Gasteiger partial charge < -0.3 is 4.74 Å². The van der Waals surface area contributed by atoms with Crippen molar-refractivity contribution in [1.29, 1.82) is 0 Å². The second kappa shape index (κ2) is 8.96. The summed E-state index contributed by atoms with van der Waals surface area (Å²) in [5, 5.41) is 0. The highest BCUT2D eigenvalue weighted by Gasteiger charge is 2.68. The maximum atomic E-state index is 13.1. The SMILES string of the molecule is C[C@@H]1[C@H](C)CC[C@]2(C)CC[C@]3(C)C(=CC[C@@H]4[C@@]5(C)CC[C@H](OC(=O)c6ccccc6)C(C)(C)[C@@H]5CC[C@@]43C)[C@H]12. The Hall–Kier alpha value is -1.57. The second-order valence-corrected chi connectivity index (χ2v) is 16.4. The Kier molecular flexibility index (Phi) is 6.34. The zero-order chi connectivity index (χ0) is 28.0. The number of fused-ring (bicyclic) bond motifs is 7. The molecule has 0 N–H and O–H groups in total. The van der Waals surface area contributed by atoms with Crippen LogP contribution in [0.4, 0.5) is 0 Å². The summed E-state index contributed by atoms with van der Waals surface area (Å²) < 4.78 is 6.29. The van der Waals surface area contributed by atoms with Crippen molar-refractivity contribution in [3.63, 3.8) is 0 Å². The van der Waals surface area contributed by atoms with Gasteiger partial charge in [-0.05, 0) is 121 Å². The molecule has 0 aliphatic heterocycles. The van der Waals surface area contributed by atoms with Crippen LogP contribution in [0.1, 0.15) is 124 Å². The minimum Gasteiger partial charge on any atom is -0.458 e. The van der Waals surface area contributed by atoms with Crippen LogP contribution in [-0.4, -0.2) is 12.1 Å². The molecule has 0 radical (unpaired) electrons. The molecule has 0 bridgehead atoms. The number of hydrogen-bond donors (Lipinski definition) is 0. The molecule has 2 heteroatoms. The van der Waals surface area contributed by atoms with E-state index in [0.717, 1.165) is 24.2 Å². The van der Waals surface area contributed by atoms with Crippen molar-refractivity contribution in [2.75, 3.05) is 0 Å². The van der Waals surface area contributed by atoms with E-state index in [9.17, 15) is 4.79 Å². The minimum atomic E-state index is -0.156. The summed E-state index contributed by atoms with van der Waals surface area (Å²) >= 11 is 0. The highest BCUT2D eigenvalue weighted by molar-refractivity contribution is 5.89. The van der Waals surface area contributed by atoms with Crippen LogP contribution < -0.4 is 0 Å². The van der Waals surface area contributed by atoms with E-state index in [4.69, 9.17) is 4.74 Å². The molecular formula is C37H54O2. The Labute approximate surface area is 238 Å². The predicted octanol–water partition coefficient (Wildman–Crippen LogP) is 9.89. The van der Waals surface area contributed by atoms with Gasteiger partial charge in [0, 0.05) is 5.41 Å². The molecule has 4 fully saturated rings. The van der Waals surface area contributed by atoms with E-state index in [1.165, 1.54) is 51.4 Å². The maximum Gasteiger partial charge on any atom is 0.338 e. The number of carbonyl (C=O) groups is 1. The summed E-state index contributed by atoms with van der Waals surface area (Å²) in [6.07, 6.45) is 14.3. The van der Waals surface area contributed by atoms with Gasteiger partial charge in [0.25, 0.3) is 0 Å². The first-order chi connectivity index (χ1) is 18.3. The zero-order valence-corrected chi connectivity index (χ0v) is 26.1. The van der Waals surface area contributed by atoms with E-state index in [-0.39, 0.29) is 22.9 Å². The Morgan fingerprint density at radius 3 is 2.26 bits per heavy atom. The van der Waals surface area contributed by atoms with Gasteiger partial charge in [0.1, 0.15) is 6.10 Å². The molecule has 6 rings (SSSR count). The third-order valence-corrected chi connectivity index (χ3v) is 14.6. The Balaban J connectivity index is 1.31. The molecule has 2 nitrogen and oxygen atoms in total. The van der Waals surface area contributed by atoms with Crippen LogP contribution in [0, 0.1) is 56.7 Å². The van der Waals surface area contributed by atoms with Gasteiger partial charge in [0.2, 0.25) is 0 Å². The number of rotatable bonds is 2. The molecule has 0 heterocycles. The smallest absolute Gasteiger partial charge is 0.338 e. The van der Waals surface area contributed by atoms with Crippen LogP contribution >= 0.6 is 0 Å². The molecule has 10 atom stereocenters. The third-order valence-electron chi connectivity index (χ3n) is 14.6. The molecule has 1 aromatic rings. The summed E-state index contributed by atoms with van der Waals surface area (Å²) in [4.78, 5) is 13.1. The van der Waals surface area contributed by atoms with E-state index in [2.05, 4.69) is 61.5 Å². The lowest BCUT2D eigenvalue weighted by molar-refractivity contribution is -0.204. The third kappa shape index (κ3) is 3.74. The number of benzene rings is 1. The molecule has 0 saturated heterocycles. The molecule has 0 aromatic heterocycles. The number of carbonyl (C=O) groups excluding carboxylic acids is 1. The fourth-order valence-electron chi connectivity index (χ4n) is 11.8. The first-order valence-corrected chi connectivity index (χ1v) is 16.2. The standard InChI is InChI=1S/C37H54O2/c1-24-16-19-34(5)22-23-36(7)27(31(34)25(24)2)14-15-29-35(6)20-18-30(39-32(38)26-12-10-9-11-13-26)33(3,4)28(35)17-21-37(29,36)8/h9-14,24-25,28-31H,15-23H2,1-8H3/t24-,25-,28+,29-,30+,31+,34-,35+,36-,37+/m1/s1. The Morgan fingerprint density at radius 1 is 0.821 bits per heavy atom. The highest BCUT2D eigenvalue weighted by Crippen LogP contribution is 2.75. The summed E-state index contributed by atoms with van der Waals surface area (Å²) in [7, 11) is 0. The van der Waals surface area contributed by atoms with E-state index < -0.39 is 0 Å². The molecule has 0 amide bonds. The van der Waals surface area contributed by atoms with Crippen LogP contribution in [0.2, 0.25) is 0 Å². The van der Waals surface area contributed by atoms with Crippen molar-refractivity contribution < 1.29 is 9.53 Å². The second-order valence-electron chi connectivity index (χ2n) is 16.4. The van der Waals surface area contributed by atoms with Crippen molar-refractivity contribution in [3.8, 4) is 0 Å². The monoisotopic (exact) mass is 530 g/mol. The van der Waals surface area contributed by atoms with Crippen LogP contribution in [0.5, 0.6) is 0 Å². The zero-order valence-electron chi connectivity index (χ0n) is 26.1. The van der Waals surface area contributed by atoms with Gasteiger partial charge in [-0.3, -0.25) is 0 Å². The number of ether oxygens (including phenoxy) is 1. The van der Waals surface area contributed by atoms with Gasteiger partial charge in [-0.15, -0.1) is 0 Å². The van der Waals surface area contributed by atoms with E-state index >= 15 is 0 Å². The fraction of sp³-hybridized carbons (Fsp3) is 0.757. The van der Waals surface area contributed by atoms with Crippen molar-refractivity contribution in [2.24, 2.45) is 56.7 Å². The van der Waals surface area contributed by atoms with Crippen molar-refractivity contribution in [2.45, 2.75) is 119 Å². The van der Waals surface area contributed by atoms with Crippen molar-refractivity contribution in [3.05, 3.63) is 47.5 Å². The van der Waals surface area contributed by atoms with E-state index in [0.29, 0.717) is 33.6 Å². The van der Waals surface area contributed by atoms with Crippen molar-refractivity contribution in [1.82, 2.24) is 0 Å². The van der Waals surface area contributed by atoms with Crippen molar-refractivity contribution >= 4 is 5.97 Å². The highest BCUT2D eigenvalue weighted by atomic mass is 16.5. The van der Waals surface area contributed by atoms with Gasteiger partial charge >= 0.3 is 5.97 Å². The van der Waals surface area contributed by atoms with Crippen LogP contribution in [0.15, 0.2) is 42.0 Å². The van der Waals surface area contributed by atoms with Crippen LogP contribution in [0.3, 0.4) is 0 Å². The molecule has 0 unspecified atom stereocenters. The normalized spacial score (nSPS) is 48.5. The quantitative estimate of drug-likeness (QED) is 0.281. The lowest BCUT2D eigenvalue weighted by atomic mass is 9.33. The predicted molar refractivity (Wildman–Crippen MR) is 160 cm³/mol. The summed E-state index contributed by atoms with van der Waals surface area (Å²) in [6.45, 7) is 20.6. The van der Waals surface area contributed by atoms with Crippen LogP contribution in [0.25, 0.3) is 0 Å². The van der Waals surface area contributed by atoms with Gasteiger partial charge in [0.15, 0.2) is 0 Å². The summed E-state index contributed by atoms with van der Waals surface area (Å²) in [5.41, 5.74) is 3.93. The molecular weight excluding hydrogens is 476 g/mol. The first-order valence-electron chi connectivity index (χ1n) is 16.2. The molecule has 214 valence electrons. The van der Waals surface area contributed by atoms with E-state index in [1.54, 1.807) is 0 Å². The van der Waals surface area contributed by atoms with Gasteiger partial charge in [-0.25, -0.2) is 4.79 Å². The summed E-state index contributed by atoms with van der Waals surface area (Å²) in [6, 6.07) is 9.57.